The molecule has 3 aromatic carbocycles. The van der Waals surface area contributed by atoms with Gasteiger partial charge in [0.2, 0.25) is 11.8 Å². The number of hydrogen-bond acceptors (Lipinski definition) is 8. The molecule has 0 amide bonds. The van der Waals surface area contributed by atoms with Crippen LogP contribution in [-0.4, -0.2) is 48.1 Å². The third-order valence-electron chi connectivity index (χ3n) is 6.68. The van der Waals surface area contributed by atoms with Gasteiger partial charge in [-0.2, -0.15) is 4.98 Å². The molecule has 3 N–H and O–H groups in total. The van der Waals surface area contributed by atoms with Crippen LogP contribution in [0.5, 0.6) is 11.6 Å². The van der Waals surface area contributed by atoms with Crippen LogP contribution in [0.15, 0.2) is 77.7 Å². The summed E-state index contributed by atoms with van der Waals surface area (Å²) in [5, 5.41) is 0.527. The summed E-state index contributed by atoms with van der Waals surface area (Å²) in [4.78, 5) is 15.2. The van der Waals surface area contributed by atoms with Crippen LogP contribution in [-0.2, 0) is 0 Å². The maximum absolute atomic E-state index is 6.60. The summed E-state index contributed by atoms with van der Waals surface area (Å²) in [7, 11) is 2.15. The Morgan fingerprint density at radius 3 is 2.51 bits per heavy atom. The molecule has 1 aliphatic rings. The second kappa shape index (κ2) is 12.2. The molecule has 1 aliphatic heterocycles. The van der Waals surface area contributed by atoms with Gasteiger partial charge >= 0.3 is 0 Å². The van der Waals surface area contributed by atoms with Gasteiger partial charge in [-0.1, -0.05) is 55.8 Å². The van der Waals surface area contributed by atoms with E-state index in [0.717, 1.165) is 48.0 Å². The SMILES string of the molecule is CC(C)c1ccccc1-c1cc(Oc2cc(N3CCN(C)CC3)ccc2Cl)nc(NSc2cccc(N)c2)n1. The highest BCUT2D eigenvalue weighted by atomic mass is 35.5. The number of piperazine rings is 1. The summed E-state index contributed by atoms with van der Waals surface area (Å²) >= 11 is 8.00. The molecule has 0 aliphatic carbocycles. The molecule has 1 fully saturated rings. The molecule has 1 saturated heterocycles. The van der Waals surface area contributed by atoms with Gasteiger partial charge in [0.15, 0.2) is 0 Å². The van der Waals surface area contributed by atoms with Crippen LogP contribution < -0.4 is 20.1 Å². The summed E-state index contributed by atoms with van der Waals surface area (Å²) in [6.07, 6.45) is 0. The maximum atomic E-state index is 6.60. The van der Waals surface area contributed by atoms with E-state index in [1.165, 1.54) is 17.5 Å². The third-order valence-corrected chi connectivity index (χ3v) is 7.76. The number of rotatable bonds is 8. The van der Waals surface area contributed by atoms with Gasteiger partial charge in [0.05, 0.1) is 10.7 Å². The molecule has 9 heteroatoms. The number of nitrogens with two attached hydrogens (primary N) is 1. The zero-order chi connectivity index (χ0) is 27.4. The minimum atomic E-state index is 0.327. The van der Waals surface area contributed by atoms with Crippen LogP contribution in [0, 0.1) is 0 Å². The average molecular weight is 561 g/mol. The zero-order valence-electron chi connectivity index (χ0n) is 22.4. The highest BCUT2D eigenvalue weighted by Crippen LogP contribution is 2.36. The van der Waals surface area contributed by atoms with E-state index in [9.17, 15) is 0 Å². The van der Waals surface area contributed by atoms with Crippen LogP contribution in [0.3, 0.4) is 0 Å². The second-order valence-electron chi connectivity index (χ2n) is 9.94. The van der Waals surface area contributed by atoms with E-state index >= 15 is 0 Å². The number of nitrogen functional groups attached to an aromatic ring is 1. The summed E-state index contributed by atoms with van der Waals surface area (Å²) in [5.41, 5.74) is 10.7. The summed E-state index contributed by atoms with van der Waals surface area (Å²) in [6, 6.07) is 23.7. The molecular weight excluding hydrogens is 528 g/mol. The smallest absolute Gasteiger partial charge is 0.237 e. The first-order valence-electron chi connectivity index (χ1n) is 13.0. The van der Waals surface area contributed by atoms with Crippen LogP contribution in [0.1, 0.15) is 25.3 Å². The predicted octanol–water partition coefficient (Wildman–Crippen LogP) is 7.17. The lowest BCUT2D eigenvalue weighted by atomic mass is 9.95. The van der Waals surface area contributed by atoms with Crippen molar-refractivity contribution in [3.8, 4) is 22.9 Å². The molecular formula is C30H33ClN6OS. The normalized spacial score (nSPS) is 14.0. The molecule has 0 unspecified atom stereocenters. The fraction of sp³-hybridized carbons (Fsp3) is 0.267. The molecule has 0 saturated carbocycles. The van der Waals surface area contributed by atoms with Crippen molar-refractivity contribution in [2.75, 3.05) is 48.6 Å². The molecule has 7 nitrogen and oxygen atoms in total. The van der Waals surface area contributed by atoms with Gasteiger partial charge in [-0.15, -0.1) is 0 Å². The number of aromatic nitrogens is 2. The predicted molar refractivity (Wildman–Crippen MR) is 163 cm³/mol. The molecule has 0 spiro atoms. The first-order valence-corrected chi connectivity index (χ1v) is 14.2. The lowest BCUT2D eigenvalue weighted by Crippen LogP contribution is -2.44. The average Bonchev–Trinajstić information content (AvgIpc) is 2.93. The zero-order valence-corrected chi connectivity index (χ0v) is 24.0. The Hall–Kier alpha value is -3.46. The highest BCUT2D eigenvalue weighted by molar-refractivity contribution is 8.00. The molecule has 4 aromatic rings. The van der Waals surface area contributed by atoms with E-state index in [-0.39, 0.29) is 0 Å². The minimum absolute atomic E-state index is 0.327. The van der Waals surface area contributed by atoms with Crippen molar-refractivity contribution in [1.29, 1.82) is 0 Å². The van der Waals surface area contributed by atoms with Gasteiger partial charge in [0.25, 0.3) is 0 Å². The van der Waals surface area contributed by atoms with E-state index in [1.54, 1.807) is 0 Å². The van der Waals surface area contributed by atoms with Gasteiger partial charge in [0.1, 0.15) is 5.75 Å². The molecule has 0 bridgehead atoms. The van der Waals surface area contributed by atoms with Gasteiger partial charge in [-0.3, -0.25) is 4.72 Å². The Bertz CT molecular complexity index is 1440. The van der Waals surface area contributed by atoms with E-state index in [0.29, 0.717) is 34.2 Å². The number of likely N-dealkylation sites (N-methyl/N-ethyl adjacent to an activating group) is 1. The number of nitrogens with one attached hydrogen (secondary N) is 1. The Morgan fingerprint density at radius 1 is 0.949 bits per heavy atom. The molecule has 0 atom stereocenters. The molecule has 2 heterocycles. The fourth-order valence-electron chi connectivity index (χ4n) is 4.52. The van der Waals surface area contributed by atoms with E-state index < -0.39 is 0 Å². The van der Waals surface area contributed by atoms with Crippen molar-refractivity contribution >= 4 is 40.9 Å². The van der Waals surface area contributed by atoms with E-state index in [2.05, 4.69) is 58.6 Å². The standard InChI is InChI=1S/C30H33ClN6OS/c1-20(2)24-9-4-5-10-25(24)27-19-29(34-30(33-27)35-39-23-8-6-7-21(32)17-23)38-28-18-22(11-12-26(28)31)37-15-13-36(3)14-16-37/h4-12,17-20H,13-16,32H2,1-3H3,(H,33,34,35). The lowest BCUT2D eigenvalue weighted by molar-refractivity contribution is 0.312. The van der Waals surface area contributed by atoms with Crippen molar-refractivity contribution in [2.45, 2.75) is 24.7 Å². The molecule has 202 valence electrons. The monoisotopic (exact) mass is 560 g/mol. The quantitative estimate of drug-likeness (QED) is 0.173. The lowest BCUT2D eigenvalue weighted by Gasteiger charge is -2.34. The van der Waals surface area contributed by atoms with E-state index in [1.807, 2.05) is 54.6 Å². The Morgan fingerprint density at radius 2 is 1.74 bits per heavy atom. The van der Waals surface area contributed by atoms with Gasteiger partial charge in [-0.05, 0) is 60.8 Å². The number of nitrogens with zero attached hydrogens (tertiary/aromatic N) is 4. The molecule has 1 aromatic heterocycles. The first-order chi connectivity index (χ1) is 18.9. The second-order valence-corrected chi connectivity index (χ2v) is 11.2. The molecule has 39 heavy (non-hydrogen) atoms. The van der Waals surface area contributed by atoms with Crippen LogP contribution in [0.4, 0.5) is 17.3 Å². The summed E-state index contributed by atoms with van der Waals surface area (Å²) < 4.78 is 9.61. The molecule has 0 radical (unpaired) electrons. The number of hydrogen-bond donors (Lipinski definition) is 2. The number of benzene rings is 3. The molecule has 5 rings (SSSR count). The summed E-state index contributed by atoms with van der Waals surface area (Å²) in [5.74, 6) is 1.73. The Labute approximate surface area is 239 Å². The topological polar surface area (TPSA) is 79.5 Å². The highest BCUT2D eigenvalue weighted by Gasteiger charge is 2.18. The van der Waals surface area contributed by atoms with E-state index in [4.69, 9.17) is 27.1 Å². The first kappa shape index (κ1) is 27.1. The van der Waals surface area contributed by atoms with Gasteiger partial charge < -0.3 is 20.3 Å². The number of halogens is 1. The van der Waals surface area contributed by atoms with Crippen LogP contribution in [0.25, 0.3) is 11.3 Å². The largest absolute Gasteiger partial charge is 0.437 e. The number of anilines is 3. The van der Waals surface area contributed by atoms with Crippen molar-refractivity contribution in [1.82, 2.24) is 14.9 Å². The minimum Gasteiger partial charge on any atom is -0.437 e. The van der Waals surface area contributed by atoms with Crippen molar-refractivity contribution in [2.24, 2.45) is 0 Å². The van der Waals surface area contributed by atoms with Gasteiger partial charge in [-0.25, -0.2) is 4.98 Å². The third kappa shape index (κ3) is 6.76. The fourth-order valence-corrected chi connectivity index (χ4v) is 5.32. The van der Waals surface area contributed by atoms with Crippen molar-refractivity contribution in [3.63, 3.8) is 0 Å². The summed E-state index contributed by atoms with van der Waals surface area (Å²) in [6.45, 7) is 8.30. The Kier molecular flexibility index (Phi) is 8.45. The maximum Gasteiger partial charge on any atom is 0.237 e. The van der Waals surface area contributed by atoms with Crippen LogP contribution in [0.2, 0.25) is 5.02 Å². The van der Waals surface area contributed by atoms with Crippen molar-refractivity contribution in [3.05, 3.63) is 83.4 Å². The van der Waals surface area contributed by atoms with Crippen molar-refractivity contribution < 1.29 is 4.74 Å². The van der Waals surface area contributed by atoms with Gasteiger partial charge in [0, 0.05) is 60.1 Å². The number of ether oxygens (including phenoxy) is 1. The Balaban J connectivity index is 1.48. The van der Waals surface area contributed by atoms with Crippen LogP contribution >= 0.6 is 23.5 Å².